The van der Waals surface area contributed by atoms with E-state index in [1.807, 2.05) is 0 Å². The van der Waals surface area contributed by atoms with E-state index in [0.717, 1.165) is 0 Å². The molecule has 0 radical (unpaired) electrons. The van der Waals surface area contributed by atoms with Gasteiger partial charge in [-0.05, 0) is 0 Å². The molecule has 30 nitrogen and oxygen atoms in total. The highest BCUT2D eigenvalue weighted by Crippen LogP contribution is 2.38. The third-order valence-corrected chi connectivity index (χ3v) is 12.7. The van der Waals surface area contributed by atoms with Crippen LogP contribution in [0.3, 0.4) is 0 Å². The van der Waals surface area contributed by atoms with Gasteiger partial charge >= 0.3 is 0 Å². The van der Waals surface area contributed by atoms with E-state index in [1.165, 1.54) is 0 Å². The fourth-order valence-corrected chi connectivity index (χ4v) is 8.93. The molecule has 22 rings (SSSR count). The van der Waals surface area contributed by atoms with E-state index in [9.17, 15) is 91.9 Å². The van der Waals surface area contributed by atoms with E-state index in [2.05, 4.69) is 0 Å². The summed E-state index contributed by atoms with van der Waals surface area (Å²) in [6.45, 7) is -5.99. The number of rotatable bonds is 6. The van der Waals surface area contributed by atoms with Gasteiger partial charge in [0.2, 0.25) is 0 Å². The first kappa shape index (κ1) is 52.6. The van der Waals surface area contributed by atoms with Crippen LogP contribution in [0.2, 0.25) is 0 Å². The van der Waals surface area contributed by atoms with Crippen LogP contribution in [-0.2, 0) is 56.8 Å². The van der Waals surface area contributed by atoms with Crippen molar-refractivity contribution in [2.45, 2.75) is 184 Å². The second-order valence-corrected chi connectivity index (χ2v) is 16.8. The molecule has 0 amide bonds. The van der Waals surface area contributed by atoms with Crippen LogP contribution in [0.25, 0.3) is 0 Å². The molecule has 10 unspecified atom stereocenters. The molecule has 0 aromatic heterocycles. The Labute approximate surface area is 372 Å². The normalized spacial score (nSPS) is 55.4. The summed E-state index contributed by atoms with van der Waals surface area (Å²) in [5, 5.41) is 196. The van der Waals surface area contributed by atoms with E-state index in [0.29, 0.717) is 0 Å². The van der Waals surface area contributed by atoms with Crippen molar-refractivity contribution in [3.8, 4) is 0 Å². The van der Waals surface area contributed by atoms with Crippen LogP contribution < -0.4 is 0 Å². The van der Waals surface area contributed by atoms with Crippen molar-refractivity contribution in [2.75, 3.05) is 39.6 Å². The SMILES string of the molecule is OCC1OC2OC3[C@@H](CO)OC(OC4[C@@H](CO)OC(O[C@H]5[C@H](O)[C@@H](O)C(OC6[C@@H](CO)OC(O[C@H]7[C@H](O)[C@@H](O)C(O[C@H]1[C@H](O)[C@H]2O)O[C@@H]7CO)[C@H](O)[C@H]6O)O[C@@H]5CO)[C@H](O)[C@H]4O)[C@H](O)[C@H]3O. The maximum atomic E-state index is 11.2. The van der Waals surface area contributed by atoms with Crippen LogP contribution in [0.1, 0.15) is 0 Å². The highest BCUT2D eigenvalue weighted by atomic mass is 16.8. The predicted octanol–water partition coefficient (Wildman–Crippen LogP) is -13.1. The van der Waals surface area contributed by atoms with E-state index in [4.69, 9.17) is 56.8 Å². The molecule has 0 aliphatic carbocycles. The molecule has 0 aromatic carbocycles. The van der Waals surface area contributed by atoms with Crippen molar-refractivity contribution in [3.63, 3.8) is 0 Å². The van der Waals surface area contributed by atoms with Gasteiger partial charge in [-0.2, -0.15) is 0 Å². The Morgan fingerprint density at radius 3 is 0.409 bits per heavy atom. The minimum atomic E-state index is -2.15. The lowest BCUT2D eigenvalue weighted by Crippen LogP contribution is -2.69. The standard InChI is InChI=1S/C36H60O30/c37-1-7-25-13(43)19(49)31(55-7)62-26-8(2-38)57-33(21(51)15(26)45)64-28-10(4-40)59-35(23(53)17(28)47)66-30-12(6-42)60-36(24(54)18(30)48)65-29-11(5-41)58-34(22(52)16(29)46)63-27-9(3-39)56-32(61-25)20(50)14(27)44/h7-54H,1-6H2/t7-,8-,9-,10-,11-,12?,13-,14-,15-,16-,17-,18-,19-,20-,21-,22-,23-,24-,25-,26?,27?,28-,29?,30-,31?,32?,33?,34?,35?,36?/m1/s1. The van der Waals surface area contributed by atoms with Gasteiger partial charge in [0.15, 0.2) is 37.7 Å². The van der Waals surface area contributed by atoms with Crippen molar-refractivity contribution in [1.29, 1.82) is 0 Å². The molecule has 0 aromatic rings. The fourth-order valence-electron chi connectivity index (χ4n) is 8.93. The average molecular weight is 973 g/mol. The number of aliphatic hydroxyl groups excluding tert-OH is 18. The van der Waals surface area contributed by atoms with E-state index >= 15 is 0 Å². The van der Waals surface area contributed by atoms with Crippen LogP contribution in [0, 0.1) is 0 Å². The number of hydrogen-bond donors (Lipinski definition) is 18. The highest BCUT2D eigenvalue weighted by Gasteiger charge is 2.58. The highest BCUT2D eigenvalue weighted by molar-refractivity contribution is 5.01. The van der Waals surface area contributed by atoms with Gasteiger partial charge in [-0.25, -0.2) is 0 Å². The summed E-state index contributed by atoms with van der Waals surface area (Å²) in [7, 11) is 0. The smallest absolute Gasteiger partial charge is 0.187 e. The van der Waals surface area contributed by atoms with Crippen molar-refractivity contribution >= 4 is 0 Å². The molecule has 30 heteroatoms. The summed E-state index contributed by atoms with van der Waals surface area (Å²) in [4.78, 5) is 0. The number of ether oxygens (including phenoxy) is 12. The lowest BCUT2D eigenvalue weighted by atomic mass is 9.94. The monoisotopic (exact) mass is 972 g/mol. The summed E-state index contributed by atoms with van der Waals surface area (Å²) in [6, 6.07) is 0. The van der Waals surface area contributed by atoms with E-state index < -0.39 is 224 Å². The van der Waals surface area contributed by atoms with Gasteiger partial charge in [0.05, 0.1) is 39.6 Å². The van der Waals surface area contributed by atoms with Gasteiger partial charge in [0.1, 0.15) is 146 Å². The largest absolute Gasteiger partial charge is 0.394 e. The van der Waals surface area contributed by atoms with E-state index in [1.54, 1.807) is 0 Å². The van der Waals surface area contributed by atoms with Crippen LogP contribution in [0.4, 0.5) is 0 Å². The van der Waals surface area contributed by atoms with Gasteiger partial charge < -0.3 is 149 Å². The average Bonchev–Trinajstić information content (AvgIpc) is 3.31. The molecule has 30 atom stereocenters. The van der Waals surface area contributed by atoms with Crippen LogP contribution in [0.15, 0.2) is 0 Å². The molecule has 12 bridgehead atoms. The van der Waals surface area contributed by atoms with Crippen LogP contribution in [-0.4, -0.2) is 316 Å². The van der Waals surface area contributed by atoms with Gasteiger partial charge in [-0.1, -0.05) is 0 Å². The second kappa shape index (κ2) is 22.1. The van der Waals surface area contributed by atoms with E-state index in [-0.39, 0.29) is 0 Å². The fraction of sp³-hybridized carbons (Fsp3) is 1.00. The first-order valence-corrected chi connectivity index (χ1v) is 21.1. The molecule has 22 heterocycles. The Balaban J connectivity index is 1.19. The van der Waals surface area contributed by atoms with Crippen molar-refractivity contribution in [1.82, 2.24) is 0 Å². The predicted molar refractivity (Wildman–Crippen MR) is 196 cm³/mol. The lowest BCUT2D eigenvalue weighted by molar-refractivity contribution is -0.404. The topological polar surface area (TPSA) is 475 Å². The third kappa shape index (κ3) is 10.0. The maximum absolute atomic E-state index is 11.2. The molecule has 22 aliphatic rings. The Morgan fingerprint density at radius 2 is 0.303 bits per heavy atom. The number of hydrogen-bond acceptors (Lipinski definition) is 30. The second-order valence-electron chi connectivity index (χ2n) is 16.8. The van der Waals surface area contributed by atoms with Crippen LogP contribution in [0.5, 0.6) is 0 Å². The minimum Gasteiger partial charge on any atom is -0.394 e. The van der Waals surface area contributed by atoms with Gasteiger partial charge in [0, 0.05) is 0 Å². The van der Waals surface area contributed by atoms with Gasteiger partial charge in [0.25, 0.3) is 0 Å². The molecule has 66 heavy (non-hydrogen) atoms. The summed E-state index contributed by atoms with van der Waals surface area (Å²) in [6.07, 6.45) is -58.5. The molecule has 0 spiro atoms. The molecule has 22 aliphatic heterocycles. The Bertz CT molecular complexity index is 1230. The number of aliphatic hydroxyl groups is 18. The molecule has 384 valence electrons. The summed E-state index contributed by atoms with van der Waals surface area (Å²) < 4.78 is 67.9. The quantitative estimate of drug-likeness (QED) is 0.117. The van der Waals surface area contributed by atoms with Crippen molar-refractivity contribution in [3.05, 3.63) is 0 Å². The molecular weight excluding hydrogens is 912 g/mol. The van der Waals surface area contributed by atoms with Crippen molar-refractivity contribution < 1.29 is 149 Å². The molecular formula is C36H60O30. The zero-order valence-corrected chi connectivity index (χ0v) is 34.5. The Kier molecular flexibility index (Phi) is 17.6. The zero-order valence-electron chi connectivity index (χ0n) is 34.5. The van der Waals surface area contributed by atoms with Gasteiger partial charge in [-0.15, -0.1) is 0 Å². The molecule has 22 saturated heterocycles. The maximum Gasteiger partial charge on any atom is 0.187 e. The lowest BCUT2D eigenvalue weighted by Gasteiger charge is -2.50. The van der Waals surface area contributed by atoms with Crippen LogP contribution >= 0.6 is 0 Å². The molecule has 0 saturated carbocycles. The van der Waals surface area contributed by atoms with Gasteiger partial charge in [-0.3, -0.25) is 0 Å². The Morgan fingerprint density at radius 1 is 0.182 bits per heavy atom. The summed E-state index contributed by atoms with van der Waals surface area (Å²) in [5.74, 6) is 0. The molecule has 18 N–H and O–H groups in total. The zero-order chi connectivity index (χ0) is 48.0. The first-order valence-electron chi connectivity index (χ1n) is 21.1. The molecule has 22 fully saturated rings. The first-order chi connectivity index (χ1) is 31.4. The minimum absolute atomic E-state index is 0.999. The summed E-state index contributed by atoms with van der Waals surface area (Å²) >= 11 is 0. The summed E-state index contributed by atoms with van der Waals surface area (Å²) in [5.41, 5.74) is 0. The third-order valence-electron chi connectivity index (χ3n) is 12.7. The Hall–Kier alpha value is -1.20. The van der Waals surface area contributed by atoms with Crippen molar-refractivity contribution in [2.24, 2.45) is 0 Å².